The second kappa shape index (κ2) is 7.84. The van der Waals surface area contributed by atoms with Gasteiger partial charge in [-0.2, -0.15) is 5.10 Å². The van der Waals surface area contributed by atoms with Crippen molar-refractivity contribution < 1.29 is 4.74 Å². The number of aryl methyl sites for hydroxylation is 2. The highest BCUT2D eigenvalue weighted by atomic mass is 16.5. The standard InChI is InChI=1S/C28H21N7O/c1-17-10-12-19(13-11-17)23-22-18(2)32-35(21-8-4-3-5-9-21)28(22)36-27-24(23)26-31-25(33-34(26)16-30-27)20-7-6-14-29-15-20/h3-16,23H,1-2H3/t23-/m0/s1. The van der Waals surface area contributed by atoms with Crippen LogP contribution in [-0.2, 0) is 0 Å². The average molecular weight is 472 g/mol. The van der Waals surface area contributed by atoms with E-state index >= 15 is 0 Å². The molecule has 5 heterocycles. The number of fused-ring (bicyclic) bond motifs is 4. The number of pyridine rings is 1. The molecule has 0 spiro atoms. The van der Waals surface area contributed by atoms with Gasteiger partial charge in [0.25, 0.3) is 0 Å². The van der Waals surface area contributed by atoms with Gasteiger partial charge in [-0.25, -0.2) is 19.2 Å². The Morgan fingerprint density at radius 3 is 2.47 bits per heavy atom. The molecule has 7 rings (SSSR count). The second-order valence-electron chi connectivity index (χ2n) is 8.91. The van der Waals surface area contributed by atoms with Crippen molar-refractivity contribution in [2.45, 2.75) is 19.8 Å². The van der Waals surface area contributed by atoms with Crippen LogP contribution in [0.2, 0.25) is 0 Å². The Bertz CT molecular complexity index is 1720. The summed E-state index contributed by atoms with van der Waals surface area (Å²) < 4.78 is 10.0. The van der Waals surface area contributed by atoms with Crippen molar-refractivity contribution in [2.75, 3.05) is 0 Å². The van der Waals surface area contributed by atoms with Crippen molar-refractivity contribution in [3.63, 3.8) is 0 Å². The third-order valence-corrected chi connectivity index (χ3v) is 6.55. The Balaban J connectivity index is 1.50. The lowest BCUT2D eigenvalue weighted by Gasteiger charge is -2.26. The molecule has 0 radical (unpaired) electrons. The predicted octanol–water partition coefficient (Wildman–Crippen LogP) is 5.27. The molecule has 2 aromatic carbocycles. The zero-order chi connectivity index (χ0) is 24.2. The fourth-order valence-corrected chi connectivity index (χ4v) is 4.83. The quantitative estimate of drug-likeness (QED) is 0.349. The molecule has 0 amide bonds. The van der Waals surface area contributed by atoms with E-state index in [9.17, 15) is 0 Å². The van der Waals surface area contributed by atoms with E-state index in [-0.39, 0.29) is 5.92 Å². The van der Waals surface area contributed by atoms with Crippen LogP contribution in [0, 0.1) is 13.8 Å². The van der Waals surface area contributed by atoms with Crippen molar-refractivity contribution >= 4 is 5.65 Å². The van der Waals surface area contributed by atoms with Gasteiger partial charge >= 0.3 is 0 Å². The molecule has 1 aliphatic rings. The van der Waals surface area contributed by atoms with Crippen LogP contribution in [0.3, 0.4) is 0 Å². The lowest BCUT2D eigenvalue weighted by Crippen LogP contribution is -2.16. The number of nitrogens with zero attached hydrogens (tertiary/aromatic N) is 7. The molecule has 0 aliphatic carbocycles. The summed E-state index contributed by atoms with van der Waals surface area (Å²) in [5, 5.41) is 9.58. The molecule has 174 valence electrons. The van der Waals surface area contributed by atoms with Crippen LogP contribution in [-0.4, -0.2) is 34.3 Å². The number of aromatic nitrogens is 7. The molecule has 8 heteroatoms. The number of ether oxygens (including phenoxy) is 1. The Morgan fingerprint density at radius 1 is 0.861 bits per heavy atom. The Labute approximate surface area is 206 Å². The first-order chi connectivity index (χ1) is 17.7. The fourth-order valence-electron chi connectivity index (χ4n) is 4.83. The molecule has 0 unspecified atom stereocenters. The highest BCUT2D eigenvalue weighted by Gasteiger charge is 2.38. The average Bonchev–Trinajstić information content (AvgIpc) is 3.50. The third kappa shape index (κ3) is 3.11. The van der Waals surface area contributed by atoms with E-state index in [0.717, 1.165) is 33.6 Å². The normalized spacial score (nSPS) is 14.3. The number of hydrogen-bond acceptors (Lipinski definition) is 6. The summed E-state index contributed by atoms with van der Waals surface area (Å²) >= 11 is 0. The minimum absolute atomic E-state index is 0.177. The molecule has 0 fully saturated rings. The third-order valence-electron chi connectivity index (χ3n) is 6.55. The van der Waals surface area contributed by atoms with Gasteiger partial charge in [0.2, 0.25) is 11.8 Å². The van der Waals surface area contributed by atoms with Gasteiger partial charge < -0.3 is 4.74 Å². The number of hydrogen-bond donors (Lipinski definition) is 0. The van der Waals surface area contributed by atoms with Crippen LogP contribution >= 0.6 is 0 Å². The Kier molecular flexibility index (Phi) is 4.47. The van der Waals surface area contributed by atoms with Crippen LogP contribution in [0.5, 0.6) is 11.8 Å². The maximum atomic E-state index is 6.48. The largest absolute Gasteiger partial charge is 0.420 e. The summed E-state index contributed by atoms with van der Waals surface area (Å²) in [6.45, 7) is 4.11. The zero-order valence-electron chi connectivity index (χ0n) is 19.7. The predicted molar refractivity (Wildman–Crippen MR) is 135 cm³/mol. The summed E-state index contributed by atoms with van der Waals surface area (Å²) in [6, 6.07) is 22.4. The molecule has 0 bridgehead atoms. The molecule has 4 aromatic heterocycles. The number of rotatable bonds is 3. The molecule has 1 aliphatic heterocycles. The van der Waals surface area contributed by atoms with E-state index in [0.29, 0.717) is 23.2 Å². The van der Waals surface area contributed by atoms with Crippen molar-refractivity contribution in [1.29, 1.82) is 0 Å². The van der Waals surface area contributed by atoms with Crippen LogP contribution in [0.15, 0.2) is 85.5 Å². The van der Waals surface area contributed by atoms with Gasteiger partial charge in [0.1, 0.15) is 6.33 Å². The first-order valence-corrected chi connectivity index (χ1v) is 11.7. The summed E-state index contributed by atoms with van der Waals surface area (Å²) in [6.07, 6.45) is 5.14. The van der Waals surface area contributed by atoms with E-state index in [2.05, 4.69) is 41.2 Å². The van der Waals surface area contributed by atoms with E-state index in [4.69, 9.17) is 19.9 Å². The second-order valence-corrected chi connectivity index (χ2v) is 8.91. The van der Waals surface area contributed by atoms with Gasteiger partial charge in [-0.1, -0.05) is 48.0 Å². The van der Waals surface area contributed by atoms with Gasteiger partial charge in [-0.3, -0.25) is 4.98 Å². The van der Waals surface area contributed by atoms with Crippen molar-refractivity contribution in [2.24, 2.45) is 0 Å². The highest BCUT2D eigenvalue weighted by molar-refractivity contribution is 5.68. The fraction of sp³-hybridized carbons (Fsp3) is 0.107. The van der Waals surface area contributed by atoms with Gasteiger partial charge in [0.05, 0.1) is 28.4 Å². The van der Waals surface area contributed by atoms with Crippen molar-refractivity contribution in [3.05, 3.63) is 113 Å². The Morgan fingerprint density at radius 2 is 1.69 bits per heavy atom. The van der Waals surface area contributed by atoms with Crippen molar-refractivity contribution in [3.8, 4) is 28.8 Å². The number of para-hydroxylation sites is 1. The Hall–Kier alpha value is -4.85. The van der Waals surface area contributed by atoms with Crippen LogP contribution in [0.25, 0.3) is 22.7 Å². The smallest absolute Gasteiger partial charge is 0.230 e. The lowest BCUT2D eigenvalue weighted by molar-refractivity contribution is 0.402. The summed E-state index contributed by atoms with van der Waals surface area (Å²) in [4.78, 5) is 13.8. The molecule has 36 heavy (non-hydrogen) atoms. The molecule has 0 N–H and O–H groups in total. The molecule has 0 saturated carbocycles. The van der Waals surface area contributed by atoms with Gasteiger partial charge in [0, 0.05) is 18.0 Å². The molecule has 0 saturated heterocycles. The van der Waals surface area contributed by atoms with E-state index < -0.39 is 0 Å². The monoisotopic (exact) mass is 471 g/mol. The van der Waals surface area contributed by atoms with Crippen LogP contribution in [0.4, 0.5) is 0 Å². The SMILES string of the molecule is Cc1ccc([C@H]2c3c(C)nn(-c4ccccc4)c3Oc3ncn4nc(-c5cccnc5)nc4c32)cc1. The minimum atomic E-state index is -0.177. The molecule has 8 nitrogen and oxygen atoms in total. The highest BCUT2D eigenvalue weighted by Crippen LogP contribution is 2.49. The van der Waals surface area contributed by atoms with E-state index in [1.807, 2.05) is 54.1 Å². The van der Waals surface area contributed by atoms with E-state index in [1.165, 1.54) is 5.56 Å². The zero-order valence-corrected chi connectivity index (χ0v) is 19.7. The summed E-state index contributed by atoms with van der Waals surface area (Å²) in [5.74, 6) is 1.58. The molecule has 6 aromatic rings. The van der Waals surface area contributed by atoms with E-state index in [1.54, 1.807) is 23.2 Å². The molecular weight excluding hydrogens is 450 g/mol. The topological polar surface area (TPSA) is 83.0 Å². The molecule has 1 atom stereocenters. The first kappa shape index (κ1) is 20.5. The van der Waals surface area contributed by atoms with Crippen molar-refractivity contribution in [1.82, 2.24) is 34.3 Å². The van der Waals surface area contributed by atoms with Crippen LogP contribution in [0.1, 0.15) is 33.9 Å². The first-order valence-electron chi connectivity index (χ1n) is 11.7. The van der Waals surface area contributed by atoms with Gasteiger partial charge in [-0.15, -0.1) is 5.10 Å². The molecular formula is C28H21N7O. The minimum Gasteiger partial charge on any atom is -0.420 e. The van der Waals surface area contributed by atoms with Gasteiger partial charge in [0.15, 0.2) is 11.5 Å². The maximum Gasteiger partial charge on any atom is 0.230 e. The summed E-state index contributed by atoms with van der Waals surface area (Å²) in [7, 11) is 0. The lowest BCUT2D eigenvalue weighted by atomic mass is 9.84. The van der Waals surface area contributed by atoms with Crippen LogP contribution < -0.4 is 4.74 Å². The van der Waals surface area contributed by atoms with Gasteiger partial charge in [-0.05, 0) is 43.7 Å². The maximum absolute atomic E-state index is 6.48. The summed E-state index contributed by atoms with van der Waals surface area (Å²) in [5.41, 5.74) is 7.52. The number of benzene rings is 2.